The lowest BCUT2D eigenvalue weighted by atomic mass is 10.2. The van der Waals surface area contributed by atoms with Crippen molar-refractivity contribution in [3.8, 4) is 0 Å². The SMILES string of the molecule is CCCCOC(C)OS(=O)(=O)c1ccccc1C. The molecule has 18 heavy (non-hydrogen) atoms. The standard InChI is InChI=1S/C13H20O4S/c1-4-5-10-16-12(3)17-18(14,15)13-9-7-6-8-11(13)2/h6-9,12H,4-5,10H2,1-3H3. The molecule has 0 heterocycles. The number of hydrogen-bond donors (Lipinski definition) is 0. The van der Waals surface area contributed by atoms with Gasteiger partial charge in [-0.2, -0.15) is 8.42 Å². The minimum absolute atomic E-state index is 0.191. The Kier molecular flexibility index (Phi) is 5.78. The van der Waals surface area contributed by atoms with E-state index in [1.807, 2.05) is 6.92 Å². The molecule has 1 unspecified atom stereocenters. The van der Waals surface area contributed by atoms with Crippen LogP contribution in [0.25, 0.3) is 0 Å². The normalized spacial score (nSPS) is 13.5. The van der Waals surface area contributed by atoms with Gasteiger partial charge < -0.3 is 4.74 Å². The van der Waals surface area contributed by atoms with Crippen molar-refractivity contribution in [1.82, 2.24) is 0 Å². The van der Waals surface area contributed by atoms with Gasteiger partial charge in [-0.3, -0.25) is 0 Å². The summed E-state index contributed by atoms with van der Waals surface area (Å²) in [6.07, 6.45) is 1.12. The summed E-state index contributed by atoms with van der Waals surface area (Å²) in [6, 6.07) is 6.73. The van der Waals surface area contributed by atoms with Gasteiger partial charge in [-0.05, 0) is 31.9 Å². The molecule has 0 aliphatic carbocycles. The molecule has 5 heteroatoms. The van der Waals surface area contributed by atoms with E-state index in [2.05, 4.69) is 0 Å². The number of hydrogen-bond acceptors (Lipinski definition) is 4. The van der Waals surface area contributed by atoms with Crippen LogP contribution in [0.1, 0.15) is 32.3 Å². The Bertz CT molecular complexity index is 468. The van der Waals surface area contributed by atoms with Crippen molar-refractivity contribution in [1.29, 1.82) is 0 Å². The first-order chi connectivity index (χ1) is 8.47. The van der Waals surface area contributed by atoms with E-state index in [1.54, 1.807) is 32.0 Å². The van der Waals surface area contributed by atoms with Gasteiger partial charge in [0.25, 0.3) is 10.1 Å². The van der Waals surface area contributed by atoms with E-state index in [1.165, 1.54) is 6.07 Å². The van der Waals surface area contributed by atoms with Crippen LogP contribution in [0.4, 0.5) is 0 Å². The molecule has 0 aromatic heterocycles. The summed E-state index contributed by atoms with van der Waals surface area (Å²) in [5.41, 5.74) is 0.665. The zero-order chi connectivity index (χ0) is 13.6. The smallest absolute Gasteiger partial charge is 0.299 e. The summed E-state index contributed by atoms with van der Waals surface area (Å²) in [6.45, 7) is 5.87. The quantitative estimate of drug-likeness (QED) is 0.435. The molecule has 0 fully saturated rings. The lowest BCUT2D eigenvalue weighted by Crippen LogP contribution is -2.19. The first-order valence-electron chi connectivity index (χ1n) is 6.08. The van der Waals surface area contributed by atoms with Gasteiger partial charge in [0.2, 0.25) is 0 Å². The first-order valence-corrected chi connectivity index (χ1v) is 7.48. The van der Waals surface area contributed by atoms with Crippen molar-refractivity contribution in [3.63, 3.8) is 0 Å². The van der Waals surface area contributed by atoms with Crippen LogP contribution in [0.5, 0.6) is 0 Å². The van der Waals surface area contributed by atoms with Gasteiger partial charge in [0.05, 0.1) is 4.90 Å². The molecule has 1 aromatic rings. The van der Waals surface area contributed by atoms with E-state index in [-0.39, 0.29) is 4.90 Å². The Balaban J connectivity index is 2.68. The summed E-state index contributed by atoms with van der Waals surface area (Å²) >= 11 is 0. The number of unbranched alkanes of at least 4 members (excludes halogenated alkanes) is 1. The van der Waals surface area contributed by atoms with Crippen LogP contribution in [0.15, 0.2) is 29.2 Å². The molecule has 1 aromatic carbocycles. The molecule has 1 atom stereocenters. The van der Waals surface area contributed by atoms with Gasteiger partial charge in [0.1, 0.15) is 0 Å². The zero-order valence-corrected chi connectivity index (χ0v) is 11.9. The Labute approximate surface area is 109 Å². The van der Waals surface area contributed by atoms with Gasteiger partial charge >= 0.3 is 0 Å². The molecule has 0 saturated heterocycles. The summed E-state index contributed by atoms with van der Waals surface area (Å²) in [5.74, 6) is 0. The minimum Gasteiger partial charge on any atom is -0.352 e. The van der Waals surface area contributed by atoms with Crippen LogP contribution in [0.2, 0.25) is 0 Å². The summed E-state index contributed by atoms with van der Waals surface area (Å²) in [7, 11) is -3.75. The van der Waals surface area contributed by atoms with Gasteiger partial charge in [0.15, 0.2) is 6.29 Å². The minimum atomic E-state index is -3.75. The molecular formula is C13H20O4S. The second-order valence-electron chi connectivity index (χ2n) is 4.11. The second-order valence-corrected chi connectivity index (χ2v) is 5.65. The predicted octanol–water partition coefficient (Wildman–Crippen LogP) is 2.86. The van der Waals surface area contributed by atoms with Gasteiger partial charge in [-0.1, -0.05) is 31.5 Å². The predicted molar refractivity (Wildman–Crippen MR) is 69.8 cm³/mol. The van der Waals surface area contributed by atoms with Crippen LogP contribution >= 0.6 is 0 Å². The summed E-state index contributed by atoms with van der Waals surface area (Å²) in [5, 5.41) is 0. The van der Waals surface area contributed by atoms with Crippen LogP contribution in [0.3, 0.4) is 0 Å². The maximum Gasteiger partial charge on any atom is 0.299 e. The van der Waals surface area contributed by atoms with Gasteiger partial charge in [-0.15, -0.1) is 0 Å². The van der Waals surface area contributed by atoms with Crippen molar-refractivity contribution >= 4 is 10.1 Å². The highest BCUT2D eigenvalue weighted by molar-refractivity contribution is 7.86. The van der Waals surface area contributed by atoms with Crippen molar-refractivity contribution in [2.24, 2.45) is 0 Å². The average molecular weight is 272 g/mol. The molecule has 0 aliphatic rings. The number of rotatable bonds is 7. The lowest BCUT2D eigenvalue weighted by molar-refractivity contribution is -0.0634. The summed E-state index contributed by atoms with van der Waals surface area (Å²) in [4.78, 5) is 0.191. The molecule has 1 rings (SSSR count). The Morgan fingerprint density at radius 2 is 1.94 bits per heavy atom. The van der Waals surface area contributed by atoms with Crippen molar-refractivity contribution in [3.05, 3.63) is 29.8 Å². The highest BCUT2D eigenvalue weighted by Crippen LogP contribution is 2.18. The molecule has 0 radical (unpaired) electrons. The molecule has 0 amide bonds. The molecule has 0 spiro atoms. The third-order valence-corrected chi connectivity index (χ3v) is 4.00. The van der Waals surface area contributed by atoms with Crippen LogP contribution < -0.4 is 0 Å². The Hall–Kier alpha value is -0.910. The average Bonchev–Trinajstić information content (AvgIpc) is 2.29. The largest absolute Gasteiger partial charge is 0.352 e. The first kappa shape index (κ1) is 15.1. The number of benzene rings is 1. The third kappa shape index (κ3) is 4.40. The monoisotopic (exact) mass is 272 g/mol. The van der Waals surface area contributed by atoms with Crippen LogP contribution in [-0.2, 0) is 19.0 Å². The number of aryl methyl sites for hydroxylation is 1. The topological polar surface area (TPSA) is 52.6 Å². The van der Waals surface area contributed by atoms with E-state index in [9.17, 15) is 8.42 Å². The van der Waals surface area contributed by atoms with Gasteiger partial charge in [0, 0.05) is 6.61 Å². The number of ether oxygens (including phenoxy) is 1. The second kappa shape index (κ2) is 6.87. The molecule has 0 bridgehead atoms. The van der Waals surface area contributed by atoms with Crippen molar-refractivity contribution in [2.45, 2.75) is 44.8 Å². The molecule has 0 N–H and O–H groups in total. The third-order valence-electron chi connectivity index (χ3n) is 2.48. The summed E-state index contributed by atoms with van der Waals surface area (Å²) < 4.78 is 34.3. The maximum absolute atomic E-state index is 12.0. The van der Waals surface area contributed by atoms with Gasteiger partial charge in [-0.25, -0.2) is 4.18 Å². The fourth-order valence-electron chi connectivity index (χ4n) is 1.49. The van der Waals surface area contributed by atoms with Crippen LogP contribution in [0, 0.1) is 6.92 Å². The van der Waals surface area contributed by atoms with Crippen LogP contribution in [-0.4, -0.2) is 21.3 Å². The Morgan fingerprint density at radius 3 is 2.56 bits per heavy atom. The molecular weight excluding hydrogens is 252 g/mol. The van der Waals surface area contributed by atoms with E-state index >= 15 is 0 Å². The van der Waals surface area contributed by atoms with E-state index < -0.39 is 16.4 Å². The highest BCUT2D eigenvalue weighted by Gasteiger charge is 2.20. The highest BCUT2D eigenvalue weighted by atomic mass is 32.2. The maximum atomic E-state index is 12.0. The fourth-order valence-corrected chi connectivity index (χ4v) is 2.71. The van der Waals surface area contributed by atoms with Crippen molar-refractivity contribution < 1.29 is 17.3 Å². The Morgan fingerprint density at radius 1 is 1.28 bits per heavy atom. The fraction of sp³-hybridized carbons (Fsp3) is 0.538. The molecule has 0 saturated carbocycles. The lowest BCUT2D eigenvalue weighted by Gasteiger charge is -2.14. The molecule has 102 valence electrons. The van der Waals surface area contributed by atoms with E-state index in [4.69, 9.17) is 8.92 Å². The van der Waals surface area contributed by atoms with E-state index in [0.29, 0.717) is 12.2 Å². The molecule has 4 nitrogen and oxygen atoms in total. The molecule has 0 aliphatic heterocycles. The van der Waals surface area contributed by atoms with E-state index in [0.717, 1.165) is 12.8 Å². The van der Waals surface area contributed by atoms with Crippen molar-refractivity contribution in [2.75, 3.05) is 6.61 Å². The zero-order valence-electron chi connectivity index (χ0n) is 11.0.